The highest BCUT2D eigenvalue weighted by Gasteiger charge is 2.08. The Labute approximate surface area is 115 Å². The molecule has 0 amide bonds. The van der Waals surface area contributed by atoms with Crippen molar-refractivity contribution in [1.82, 2.24) is 4.98 Å². The molecule has 0 bridgehead atoms. The summed E-state index contributed by atoms with van der Waals surface area (Å²) in [5, 5.41) is 5.42. The van der Waals surface area contributed by atoms with Gasteiger partial charge in [0.05, 0.1) is 10.6 Å². The van der Waals surface area contributed by atoms with E-state index in [0.29, 0.717) is 0 Å². The summed E-state index contributed by atoms with van der Waals surface area (Å²) in [5.41, 5.74) is 4.85. The average Bonchev–Trinajstić information content (AvgIpc) is 2.97. The lowest BCUT2D eigenvalue weighted by atomic mass is 10.1. The second kappa shape index (κ2) is 4.67. The van der Waals surface area contributed by atoms with Crippen LogP contribution in [0.15, 0.2) is 41.1 Å². The molecule has 0 N–H and O–H groups in total. The van der Waals surface area contributed by atoms with Crippen LogP contribution in [-0.2, 0) is 0 Å². The van der Waals surface area contributed by atoms with Crippen LogP contribution in [0.3, 0.4) is 0 Å². The highest BCUT2D eigenvalue weighted by atomic mass is 32.1. The van der Waals surface area contributed by atoms with Crippen LogP contribution < -0.4 is 0 Å². The molecular weight excluding hydrogens is 258 g/mol. The lowest BCUT2D eigenvalue weighted by Crippen LogP contribution is -1.79. The molecule has 0 saturated heterocycles. The van der Waals surface area contributed by atoms with Gasteiger partial charge < -0.3 is 0 Å². The first-order valence-electron chi connectivity index (χ1n) is 5.80. The van der Waals surface area contributed by atoms with Crippen LogP contribution in [0.1, 0.15) is 11.1 Å². The lowest BCUT2D eigenvalue weighted by Gasteiger charge is -1.97. The molecule has 3 aromatic rings. The SMILES string of the molecule is Cc1cccc(-c2csc(-c3cc(C)cs3)n2)c1. The van der Waals surface area contributed by atoms with Crippen LogP contribution in [0.2, 0.25) is 0 Å². The van der Waals surface area contributed by atoms with Crippen LogP contribution >= 0.6 is 22.7 Å². The third-order valence-corrected chi connectivity index (χ3v) is 4.82. The van der Waals surface area contributed by atoms with E-state index in [-0.39, 0.29) is 0 Å². The van der Waals surface area contributed by atoms with Gasteiger partial charge in [0.25, 0.3) is 0 Å². The summed E-state index contributed by atoms with van der Waals surface area (Å²) in [7, 11) is 0. The molecule has 2 aromatic heterocycles. The maximum atomic E-state index is 4.73. The molecule has 0 aliphatic heterocycles. The molecule has 0 saturated carbocycles. The summed E-state index contributed by atoms with van der Waals surface area (Å²) < 4.78 is 0. The summed E-state index contributed by atoms with van der Waals surface area (Å²) in [6, 6.07) is 10.7. The minimum atomic E-state index is 1.07. The van der Waals surface area contributed by atoms with Gasteiger partial charge in [-0.2, -0.15) is 0 Å². The maximum Gasteiger partial charge on any atom is 0.134 e. The van der Waals surface area contributed by atoms with Gasteiger partial charge in [0.15, 0.2) is 0 Å². The molecule has 1 aromatic carbocycles. The second-order valence-electron chi connectivity index (χ2n) is 4.40. The van der Waals surface area contributed by atoms with Gasteiger partial charge in [0, 0.05) is 10.9 Å². The van der Waals surface area contributed by atoms with Crippen molar-refractivity contribution in [2.45, 2.75) is 13.8 Å². The number of benzene rings is 1. The Morgan fingerprint density at radius 1 is 0.944 bits per heavy atom. The van der Waals surface area contributed by atoms with E-state index in [1.54, 1.807) is 22.7 Å². The minimum Gasteiger partial charge on any atom is -0.235 e. The topological polar surface area (TPSA) is 12.9 Å². The third kappa shape index (κ3) is 2.24. The Balaban J connectivity index is 1.99. The number of hydrogen-bond donors (Lipinski definition) is 0. The van der Waals surface area contributed by atoms with Crippen molar-refractivity contribution in [3.05, 3.63) is 52.2 Å². The number of nitrogens with zero attached hydrogens (tertiary/aromatic N) is 1. The Morgan fingerprint density at radius 3 is 2.56 bits per heavy atom. The Hall–Kier alpha value is -1.45. The molecule has 1 nitrogen and oxygen atoms in total. The molecule has 0 aliphatic rings. The van der Waals surface area contributed by atoms with Crippen molar-refractivity contribution in [2.75, 3.05) is 0 Å². The van der Waals surface area contributed by atoms with Gasteiger partial charge in [0.1, 0.15) is 5.01 Å². The van der Waals surface area contributed by atoms with Crippen molar-refractivity contribution in [3.8, 4) is 21.1 Å². The molecule has 3 rings (SSSR count). The summed E-state index contributed by atoms with van der Waals surface area (Å²) in [6.07, 6.45) is 0. The summed E-state index contributed by atoms with van der Waals surface area (Å²) >= 11 is 3.48. The summed E-state index contributed by atoms with van der Waals surface area (Å²) in [6.45, 7) is 4.23. The summed E-state index contributed by atoms with van der Waals surface area (Å²) in [4.78, 5) is 5.99. The van der Waals surface area contributed by atoms with Crippen LogP contribution in [-0.4, -0.2) is 4.98 Å². The first-order valence-corrected chi connectivity index (χ1v) is 7.56. The van der Waals surface area contributed by atoms with Gasteiger partial charge in [0.2, 0.25) is 0 Å². The van der Waals surface area contributed by atoms with Gasteiger partial charge in [-0.15, -0.1) is 22.7 Å². The monoisotopic (exact) mass is 271 g/mol. The molecule has 90 valence electrons. The number of aromatic nitrogens is 1. The zero-order valence-electron chi connectivity index (χ0n) is 10.3. The van der Waals surface area contributed by atoms with Crippen LogP contribution in [0.25, 0.3) is 21.1 Å². The Morgan fingerprint density at radius 2 is 1.83 bits per heavy atom. The van der Waals surface area contributed by atoms with Crippen LogP contribution in [0.4, 0.5) is 0 Å². The fraction of sp³-hybridized carbons (Fsp3) is 0.133. The maximum absolute atomic E-state index is 4.73. The van der Waals surface area contributed by atoms with Gasteiger partial charge in [-0.1, -0.05) is 23.8 Å². The van der Waals surface area contributed by atoms with E-state index in [1.807, 2.05) is 0 Å². The standard InChI is InChI=1S/C15H13NS2/c1-10-4-3-5-12(6-10)13-9-18-15(16-13)14-7-11(2)8-17-14/h3-9H,1-2H3. The molecule has 18 heavy (non-hydrogen) atoms. The van der Waals surface area contributed by atoms with Crippen molar-refractivity contribution in [3.63, 3.8) is 0 Å². The predicted molar refractivity (Wildman–Crippen MR) is 80.3 cm³/mol. The van der Waals surface area contributed by atoms with Gasteiger partial charge >= 0.3 is 0 Å². The third-order valence-electron chi connectivity index (χ3n) is 2.76. The van der Waals surface area contributed by atoms with E-state index in [4.69, 9.17) is 4.98 Å². The molecular formula is C15H13NS2. The van der Waals surface area contributed by atoms with Crippen LogP contribution in [0.5, 0.6) is 0 Å². The highest BCUT2D eigenvalue weighted by Crippen LogP contribution is 2.32. The zero-order chi connectivity index (χ0) is 12.5. The Bertz CT molecular complexity index is 679. The number of thiazole rings is 1. The van der Waals surface area contributed by atoms with Crippen molar-refractivity contribution < 1.29 is 0 Å². The fourth-order valence-corrected chi connectivity index (χ4v) is 3.68. The smallest absolute Gasteiger partial charge is 0.134 e. The van der Waals surface area contributed by atoms with E-state index in [2.05, 4.69) is 54.9 Å². The van der Waals surface area contributed by atoms with Gasteiger partial charge in [-0.25, -0.2) is 4.98 Å². The Kier molecular flexibility index (Phi) is 3.02. The predicted octanol–water partition coefficient (Wildman–Crippen LogP) is 5.16. The molecule has 0 unspecified atom stereocenters. The minimum absolute atomic E-state index is 1.07. The fourth-order valence-electron chi connectivity index (χ4n) is 1.87. The number of rotatable bonds is 2. The van der Waals surface area contributed by atoms with E-state index < -0.39 is 0 Å². The molecule has 0 fully saturated rings. The molecule has 0 aliphatic carbocycles. The van der Waals surface area contributed by atoms with E-state index >= 15 is 0 Å². The van der Waals surface area contributed by atoms with E-state index in [9.17, 15) is 0 Å². The zero-order valence-corrected chi connectivity index (χ0v) is 11.9. The van der Waals surface area contributed by atoms with Crippen LogP contribution in [0, 0.1) is 13.8 Å². The molecule has 0 spiro atoms. The molecule has 0 radical (unpaired) electrons. The average molecular weight is 271 g/mol. The second-order valence-corrected chi connectivity index (χ2v) is 6.17. The molecule has 3 heteroatoms. The van der Waals surface area contributed by atoms with Gasteiger partial charge in [-0.05, 0) is 36.9 Å². The van der Waals surface area contributed by atoms with Crippen molar-refractivity contribution >= 4 is 22.7 Å². The lowest BCUT2D eigenvalue weighted by molar-refractivity contribution is 1.39. The highest BCUT2D eigenvalue weighted by molar-refractivity contribution is 7.20. The molecule has 2 heterocycles. The number of aryl methyl sites for hydroxylation is 2. The first kappa shape index (κ1) is 11.6. The number of thiophene rings is 1. The van der Waals surface area contributed by atoms with Crippen molar-refractivity contribution in [1.29, 1.82) is 0 Å². The number of hydrogen-bond acceptors (Lipinski definition) is 3. The summed E-state index contributed by atoms with van der Waals surface area (Å²) in [5.74, 6) is 0. The van der Waals surface area contributed by atoms with E-state index in [0.717, 1.165) is 10.7 Å². The molecule has 0 atom stereocenters. The van der Waals surface area contributed by atoms with Gasteiger partial charge in [-0.3, -0.25) is 0 Å². The largest absolute Gasteiger partial charge is 0.235 e. The van der Waals surface area contributed by atoms with E-state index in [1.165, 1.54) is 21.6 Å². The van der Waals surface area contributed by atoms with Crippen molar-refractivity contribution in [2.24, 2.45) is 0 Å². The normalized spacial score (nSPS) is 10.8. The first-order chi connectivity index (χ1) is 8.72. The quantitative estimate of drug-likeness (QED) is 0.627.